The first-order valence-corrected chi connectivity index (χ1v) is 8.78. The smallest absolute Gasteiger partial charge is 0.226 e. The molecule has 0 aliphatic heterocycles. The minimum atomic E-state index is -0.0583. The van der Waals surface area contributed by atoms with Crippen molar-refractivity contribution in [2.45, 2.75) is 78.2 Å². The molecule has 0 radical (unpaired) electrons. The Hall–Kier alpha value is -0.570. The molecule has 4 saturated carbocycles. The zero-order valence-electron chi connectivity index (χ0n) is 14.0. The van der Waals surface area contributed by atoms with E-state index < -0.39 is 0 Å². The van der Waals surface area contributed by atoms with Crippen LogP contribution < -0.4 is 11.1 Å². The van der Waals surface area contributed by atoms with E-state index in [1.165, 1.54) is 19.3 Å². The summed E-state index contributed by atoms with van der Waals surface area (Å²) in [7, 11) is 0. The van der Waals surface area contributed by atoms with Crippen molar-refractivity contribution in [3.63, 3.8) is 0 Å². The van der Waals surface area contributed by atoms with E-state index in [0.717, 1.165) is 44.6 Å². The molecule has 3 N–H and O–H groups in total. The summed E-state index contributed by atoms with van der Waals surface area (Å²) in [5.74, 6) is 1.12. The molecule has 0 aromatic carbocycles. The highest BCUT2D eigenvalue weighted by Crippen LogP contribution is 2.69. The van der Waals surface area contributed by atoms with Crippen molar-refractivity contribution in [2.75, 3.05) is 6.54 Å². The topological polar surface area (TPSA) is 55.1 Å². The van der Waals surface area contributed by atoms with E-state index in [1.807, 2.05) is 6.92 Å². The highest BCUT2D eigenvalue weighted by molar-refractivity contribution is 5.83. The summed E-state index contributed by atoms with van der Waals surface area (Å²) < 4.78 is 0. The van der Waals surface area contributed by atoms with Gasteiger partial charge in [0.15, 0.2) is 0 Å². The van der Waals surface area contributed by atoms with Crippen LogP contribution in [0.4, 0.5) is 0 Å². The average molecular weight is 292 g/mol. The summed E-state index contributed by atoms with van der Waals surface area (Å²) in [5, 5.41) is 3.24. The molecule has 0 saturated heterocycles. The van der Waals surface area contributed by atoms with Crippen molar-refractivity contribution in [1.29, 1.82) is 0 Å². The molecule has 3 heteroatoms. The van der Waals surface area contributed by atoms with E-state index in [0.29, 0.717) is 16.7 Å². The van der Waals surface area contributed by atoms with Gasteiger partial charge in [0.2, 0.25) is 5.91 Å². The Labute approximate surface area is 129 Å². The zero-order chi connectivity index (χ0) is 15.3. The maximum absolute atomic E-state index is 12.9. The third-order valence-electron chi connectivity index (χ3n) is 6.23. The lowest BCUT2D eigenvalue weighted by Gasteiger charge is -2.64. The molecule has 3 unspecified atom stereocenters. The molecule has 0 heterocycles. The molecular weight excluding hydrogens is 260 g/mol. The largest absolute Gasteiger partial charge is 0.356 e. The van der Waals surface area contributed by atoms with Crippen molar-refractivity contribution >= 4 is 5.91 Å². The van der Waals surface area contributed by atoms with Crippen molar-refractivity contribution < 1.29 is 4.79 Å². The molecule has 0 aromatic heterocycles. The molecule has 0 aromatic rings. The second-order valence-corrected chi connectivity index (χ2v) is 9.29. The van der Waals surface area contributed by atoms with Crippen LogP contribution in [-0.4, -0.2) is 18.5 Å². The lowest BCUT2D eigenvalue weighted by molar-refractivity contribution is -0.170. The molecule has 4 aliphatic carbocycles. The number of nitrogens with two attached hydrogens (primary N) is 1. The third-order valence-corrected chi connectivity index (χ3v) is 6.23. The van der Waals surface area contributed by atoms with Gasteiger partial charge in [-0.1, -0.05) is 13.8 Å². The first-order valence-electron chi connectivity index (χ1n) is 8.78. The Morgan fingerprint density at radius 3 is 2.33 bits per heavy atom. The van der Waals surface area contributed by atoms with Crippen molar-refractivity contribution in [1.82, 2.24) is 5.32 Å². The van der Waals surface area contributed by atoms with Crippen LogP contribution in [0.1, 0.15) is 72.1 Å². The quantitative estimate of drug-likeness (QED) is 0.764. The highest BCUT2D eigenvalue weighted by atomic mass is 16.2. The van der Waals surface area contributed by atoms with Crippen molar-refractivity contribution in [3.8, 4) is 0 Å². The second kappa shape index (κ2) is 4.97. The SMILES string of the molecule is CC(N)CCCNC(=O)C12CC3CC(C)(CC(C)(C3)C1)C2. The van der Waals surface area contributed by atoms with Gasteiger partial charge >= 0.3 is 0 Å². The minimum Gasteiger partial charge on any atom is -0.356 e. The summed E-state index contributed by atoms with van der Waals surface area (Å²) in [4.78, 5) is 12.9. The Bertz CT molecular complexity index is 413. The lowest BCUT2D eigenvalue weighted by Crippen LogP contribution is -2.59. The number of amides is 1. The first kappa shape index (κ1) is 15.3. The average Bonchev–Trinajstić information content (AvgIpc) is 2.29. The van der Waals surface area contributed by atoms with Gasteiger partial charge in [0.05, 0.1) is 5.41 Å². The maximum Gasteiger partial charge on any atom is 0.226 e. The van der Waals surface area contributed by atoms with Gasteiger partial charge in [-0.25, -0.2) is 0 Å². The Morgan fingerprint density at radius 2 is 1.81 bits per heavy atom. The molecule has 21 heavy (non-hydrogen) atoms. The highest BCUT2D eigenvalue weighted by Gasteiger charge is 2.62. The van der Waals surface area contributed by atoms with Crippen molar-refractivity contribution in [2.24, 2.45) is 27.9 Å². The molecule has 4 aliphatic rings. The van der Waals surface area contributed by atoms with Gasteiger partial charge < -0.3 is 11.1 Å². The fourth-order valence-electron chi connectivity index (χ4n) is 6.51. The van der Waals surface area contributed by atoms with E-state index in [1.54, 1.807) is 0 Å². The van der Waals surface area contributed by atoms with Crippen LogP contribution in [0, 0.1) is 22.2 Å². The minimum absolute atomic E-state index is 0.0583. The van der Waals surface area contributed by atoms with Gasteiger partial charge in [-0.05, 0) is 75.0 Å². The van der Waals surface area contributed by atoms with Gasteiger partial charge in [0.25, 0.3) is 0 Å². The Kier molecular flexibility index (Phi) is 3.63. The monoisotopic (exact) mass is 292 g/mol. The zero-order valence-corrected chi connectivity index (χ0v) is 14.0. The van der Waals surface area contributed by atoms with Gasteiger partial charge in [-0.15, -0.1) is 0 Å². The van der Waals surface area contributed by atoms with Crippen LogP contribution in [0.5, 0.6) is 0 Å². The summed E-state index contributed by atoms with van der Waals surface area (Å²) in [5.41, 5.74) is 6.55. The molecule has 4 fully saturated rings. The fraction of sp³-hybridized carbons (Fsp3) is 0.944. The number of hydrogen-bond donors (Lipinski definition) is 2. The predicted octanol–water partition coefficient (Wildman–Crippen LogP) is 3.23. The van der Waals surface area contributed by atoms with Crippen LogP contribution >= 0.6 is 0 Å². The van der Waals surface area contributed by atoms with Gasteiger partial charge in [-0.2, -0.15) is 0 Å². The van der Waals surface area contributed by atoms with Gasteiger partial charge in [-0.3, -0.25) is 4.79 Å². The lowest BCUT2D eigenvalue weighted by atomic mass is 9.40. The van der Waals surface area contributed by atoms with E-state index in [-0.39, 0.29) is 11.5 Å². The summed E-state index contributed by atoms with van der Waals surface area (Å²) in [6.07, 6.45) is 9.39. The third kappa shape index (κ3) is 2.86. The number of hydrogen-bond acceptors (Lipinski definition) is 2. The number of nitrogens with one attached hydrogen (secondary N) is 1. The van der Waals surface area contributed by atoms with Crippen LogP contribution in [0.2, 0.25) is 0 Å². The van der Waals surface area contributed by atoms with Crippen LogP contribution in [-0.2, 0) is 4.79 Å². The van der Waals surface area contributed by atoms with Gasteiger partial charge in [0.1, 0.15) is 0 Å². The molecule has 0 spiro atoms. The number of rotatable bonds is 5. The molecule has 4 bridgehead atoms. The van der Waals surface area contributed by atoms with Crippen LogP contribution in [0.3, 0.4) is 0 Å². The standard InChI is InChI=1S/C18H32N2O/c1-13(19)5-4-6-20-15(21)18-9-14-7-16(2,11-18)10-17(3,8-14)12-18/h13-14H,4-12,19H2,1-3H3,(H,20,21). The Balaban J connectivity index is 1.65. The maximum atomic E-state index is 12.9. The first-order chi connectivity index (χ1) is 9.74. The molecule has 120 valence electrons. The number of carbonyl (C=O) groups is 1. The molecule has 4 rings (SSSR count). The van der Waals surface area contributed by atoms with Gasteiger partial charge in [0, 0.05) is 12.6 Å². The van der Waals surface area contributed by atoms with E-state index in [2.05, 4.69) is 19.2 Å². The fourth-order valence-corrected chi connectivity index (χ4v) is 6.51. The van der Waals surface area contributed by atoms with Crippen molar-refractivity contribution in [3.05, 3.63) is 0 Å². The molecule has 3 atom stereocenters. The van der Waals surface area contributed by atoms with E-state index in [4.69, 9.17) is 5.73 Å². The van der Waals surface area contributed by atoms with Crippen LogP contribution in [0.25, 0.3) is 0 Å². The summed E-state index contributed by atoms with van der Waals surface area (Å²) in [6, 6.07) is 0.235. The normalized spacial score (nSPS) is 45.6. The second-order valence-electron chi connectivity index (χ2n) is 9.29. The molecule has 1 amide bonds. The van der Waals surface area contributed by atoms with E-state index in [9.17, 15) is 4.79 Å². The molecular formula is C18H32N2O. The van der Waals surface area contributed by atoms with E-state index >= 15 is 0 Å². The van der Waals surface area contributed by atoms with Crippen LogP contribution in [0.15, 0.2) is 0 Å². The summed E-state index contributed by atoms with van der Waals surface area (Å²) in [6.45, 7) is 7.67. The summed E-state index contributed by atoms with van der Waals surface area (Å²) >= 11 is 0. The molecule has 3 nitrogen and oxygen atoms in total. The number of carbonyl (C=O) groups excluding carboxylic acids is 1. The Morgan fingerprint density at radius 1 is 1.19 bits per heavy atom. The predicted molar refractivity (Wildman–Crippen MR) is 85.7 cm³/mol.